The Bertz CT molecular complexity index is 502. The summed E-state index contributed by atoms with van der Waals surface area (Å²) in [6, 6.07) is 11.7. The fourth-order valence-electron chi connectivity index (χ4n) is 2.20. The van der Waals surface area contributed by atoms with Gasteiger partial charge in [-0.1, -0.05) is 30.3 Å². The molecule has 1 aliphatic heterocycles. The molecule has 0 saturated carbocycles. The Morgan fingerprint density at radius 2 is 2.00 bits per heavy atom. The monoisotopic (exact) mass is 235 g/mol. The van der Waals surface area contributed by atoms with Gasteiger partial charge < -0.3 is 0 Å². The van der Waals surface area contributed by atoms with Crippen molar-refractivity contribution in [1.82, 2.24) is 0 Å². The second-order valence-electron chi connectivity index (χ2n) is 4.18. The van der Waals surface area contributed by atoms with Crippen molar-refractivity contribution in [3.05, 3.63) is 35.9 Å². The standard InChI is InChI=1S/C12H13NO2S/c13-8-12(10-4-2-1-3-5-10)11-6-7-16(14,15)9-11/h1-5,11-12H,6-7,9H2/t11-,12+/m0/s1. The summed E-state index contributed by atoms with van der Waals surface area (Å²) in [6.07, 6.45) is 0.607. The summed E-state index contributed by atoms with van der Waals surface area (Å²) < 4.78 is 22.8. The first-order chi connectivity index (χ1) is 7.62. The average Bonchev–Trinajstić information content (AvgIpc) is 2.62. The van der Waals surface area contributed by atoms with Crippen molar-refractivity contribution in [2.24, 2.45) is 5.92 Å². The zero-order valence-corrected chi connectivity index (χ0v) is 9.65. The Morgan fingerprint density at radius 3 is 2.50 bits per heavy atom. The van der Waals surface area contributed by atoms with Gasteiger partial charge >= 0.3 is 0 Å². The number of nitrogens with zero attached hydrogens (tertiary/aromatic N) is 1. The fraction of sp³-hybridized carbons (Fsp3) is 0.417. The van der Waals surface area contributed by atoms with Crippen LogP contribution in [-0.2, 0) is 9.84 Å². The van der Waals surface area contributed by atoms with Gasteiger partial charge in [-0.15, -0.1) is 0 Å². The van der Waals surface area contributed by atoms with Crippen LogP contribution in [0.3, 0.4) is 0 Å². The second kappa shape index (κ2) is 4.26. The third-order valence-corrected chi connectivity index (χ3v) is 4.83. The SMILES string of the molecule is N#C[C@H](c1ccccc1)[C@H]1CCS(=O)(=O)C1. The lowest BCUT2D eigenvalue weighted by Crippen LogP contribution is -2.13. The van der Waals surface area contributed by atoms with E-state index < -0.39 is 9.84 Å². The van der Waals surface area contributed by atoms with Gasteiger partial charge in [0, 0.05) is 0 Å². The van der Waals surface area contributed by atoms with Gasteiger partial charge in [-0.2, -0.15) is 5.26 Å². The molecule has 0 aliphatic carbocycles. The molecule has 4 heteroatoms. The van der Waals surface area contributed by atoms with E-state index in [1.165, 1.54) is 0 Å². The Kier molecular flexibility index (Phi) is 2.97. The van der Waals surface area contributed by atoms with E-state index >= 15 is 0 Å². The molecule has 1 heterocycles. The van der Waals surface area contributed by atoms with Crippen molar-refractivity contribution in [2.75, 3.05) is 11.5 Å². The molecule has 0 bridgehead atoms. The zero-order valence-electron chi connectivity index (χ0n) is 8.83. The summed E-state index contributed by atoms with van der Waals surface area (Å²) in [5.74, 6) is 0.0406. The lowest BCUT2D eigenvalue weighted by molar-refractivity contribution is 0.541. The molecular weight excluding hydrogens is 222 g/mol. The van der Waals surface area contributed by atoms with Crippen LogP contribution in [0.1, 0.15) is 17.9 Å². The van der Waals surface area contributed by atoms with Crippen LogP contribution in [-0.4, -0.2) is 19.9 Å². The molecule has 16 heavy (non-hydrogen) atoms. The molecule has 0 spiro atoms. The maximum atomic E-state index is 11.4. The number of hydrogen-bond acceptors (Lipinski definition) is 3. The highest BCUT2D eigenvalue weighted by Crippen LogP contribution is 2.32. The van der Waals surface area contributed by atoms with Gasteiger partial charge in [0.1, 0.15) is 0 Å². The molecule has 0 radical (unpaired) electrons. The normalized spacial score (nSPS) is 24.8. The van der Waals surface area contributed by atoms with E-state index in [4.69, 9.17) is 5.26 Å². The number of nitriles is 1. The predicted octanol–water partition coefficient (Wildman–Crippen LogP) is 1.73. The van der Waals surface area contributed by atoms with Gasteiger partial charge in [0.15, 0.2) is 9.84 Å². The van der Waals surface area contributed by atoms with Gasteiger partial charge in [-0.3, -0.25) is 0 Å². The van der Waals surface area contributed by atoms with Crippen LogP contribution in [0.5, 0.6) is 0 Å². The average molecular weight is 235 g/mol. The Hall–Kier alpha value is -1.34. The van der Waals surface area contributed by atoms with E-state index in [0.29, 0.717) is 6.42 Å². The molecule has 3 nitrogen and oxygen atoms in total. The molecule has 0 amide bonds. The lowest BCUT2D eigenvalue weighted by Gasteiger charge is -2.15. The molecule has 1 fully saturated rings. The first kappa shape index (κ1) is 11.2. The van der Waals surface area contributed by atoms with Crippen molar-refractivity contribution in [3.8, 4) is 6.07 Å². The maximum Gasteiger partial charge on any atom is 0.150 e. The van der Waals surface area contributed by atoms with Crippen molar-refractivity contribution >= 4 is 9.84 Å². The second-order valence-corrected chi connectivity index (χ2v) is 6.41. The third-order valence-electron chi connectivity index (χ3n) is 3.04. The number of sulfone groups is 1. The van der Waals surface area contributed by atoms with E-state index in [2.05, 4.69) is 6.07 Å². The van der Waals surface area contributed by atoms with Gasteiger partial charge in [-0.25, -0.2) is 8.42 Å². The zero-order chi connectivity index (χ0) is 11.6. The first-order valence-electron chi connectivity index (χ1n) is 5.27. The first-order valence-corrected chi connectivity index (χ1v) is 7.09. The van der Waals surface area contributed by atoms with Gasteiger partial charge in [0.2, 0.25) is 0 Å². The summed E-state index contributed by atoms with van der Waals surface area (Å²) in [5.41, 5.74) is 0.923. The van der Waals surface area contributed by atoms with Crippen LogP contribution >= 0.6 is 0 Å². The third kappa shape index (κ3) is 2.25. The van der Waals surface area contributed by atoms with Crippen LogP contribution in [0.25, 0.3) is 0 Å². The molecule has 2 rings (SSSR count). The van der Waals surface area contributed by atoms with Gasteiger partial charge in [-0.05, 0) is 17.9 Å². The molecule has 0 N–H and O–H groups in total. The maximum absolute atomic E-state index is 11.4. The van der Waals surface area contributed by atoms with Gasteiger partial charge in [0.25, 0.3) is 0 Å². The minimum absolute atomic E-state index is 0.0441. The predicted molar refractivity (Wildman–Crippen MR) is 61.6 cm³/mol. The largest absolute Gasteiger partial charge is 0.229 e. The van der Waals surface area contributed by atoms with Crippen LogP contribution in [0.4, 0.5) is 0 Å². The molecule has 2 atom stereocenters. The summed E-state index contributed by atoms with van der Waals surface area (Å²) in [7, 11) is -2.91. The summed E-state index contributed by atoms with van der Waals surface area (Å²) in [4.78, 5) is 0. The van der Waals surface area contributed by atoms with E-state index in [9.17, 15) is 8.42 Å². The Morgan fingerprint density at radius 1 is 1.31 bits per heavy atom. The molecule has 0 aromatic heterocycles. The van der Waals surface area contributed by atoms with Crippen LogP contribution in [0.2, 0.25) is 0 Å². The number of benzene rings is 1. The van der Waals surface area contributed by atoms with E-state index in [1.54, 1.807) is 0 Å². The minimum Gasteiger partial charge on any atom is -0.229 e. The lowest BCUT2D eigenvalue weighted by atomic mass is 9.87. The number of hydrogen-bond donors (Lipinski definition) is 0. The highest BCUT2D eigenvalue weighted by atomic mass is 32.2. The summed E-state index contributed by atoms with van der Waals surface area (Å²) in [6.45, 7) is 0. The summed E-state index contributed by atoms with van der Waals surface area (Å²) in [5, 5.41) is 9.17. The molecule has 1 aromatic carbocycles. The molecule has 1 aliphatic rings. The quantitative estimate of drug-likeness (QED) is 0.784. The van der Waals surface area contributed by atoms with Crippen LogP contribution < -0.4 is 0 Å². The number of rotatable bonds is 2. The Balaban J connectivity index is 2.23. The van der Waals surface area contributed by atoms with E-state index in [0.717, 1.165) is 5.56 Å². The minimum atomic E-state index is -2.91. The molecular formula is C12H13NO2S. The molecule has 84 valence electrons. The van der Waals surface area contributed by atoms with E-state index in [1.807, 2.05) is 30.3 Å². The van der Waals surface area contributed by atoms with E-state index in [-0.39, 0.29) is 23.3 Å². The smallest absolute Gasteiger partial charge is 0.150 e. The molecule has 1 saturated heterocycles. The van der Waals surface area contributed by atoms with Crippen molar-refractivity contribution in [2.45, 2.75) is 12.3 Å². The van der Waals surface area contributed by atoms with Gasteiger partial charge in [0.05, 0.1) is 23.5 Å². The fourth-order valence-corrected chi connectivity index (χ4v) is 4.04. The van der Waals surface area contributed by atoms with Crippen molar-refractivity contribution in [3.63, 3.8) is 0 Å². The topological polar surface area (TPSA) is 57.9 Å². The van der Waals surface area contributed by atoms with Crippen LogP contribution in [0, 0.1) is 17.2 Å². The van der Waals surface area contributed by atoms with Crippen molar-refractivity contribution < 1.29 is 8.42 Å². The molecule has 0 unspecified atom stereocenters. The highest BCUT2D eigenvalue weighted by molar-refractivity contribution is 7.91. The summed E-state index contributed by atoms with van der Waals surface area (Å²) >= 11 is 0. The van der Waals surface area contributed by atoms with Crippen molar-refractivity contribution in [1.29, 1.82) is 5.26 Å². The van der Waals surface area contributed by atoms with Crippen LogP contribution in [0.15, 0.2) is 30.3 Å². The Labute approximate surface area is 95.6 Å². The highest BCUT2D eigenvalue weighted by Gasteiger charge is 2.34. The molecule has 1 aromatic rings.